The molecule has 0 atom stereocenters. The van der Waals surface area contributed by atoms with Crippen molar-refractivity contribution in [1.82, 2.24) is 0 Å². The zero-order valence-corrected chi connectivity index (χ0v) is 7.53. The number of aromatic hydroxyl groups is 1. The van der Waals surface area contributed by atoms with Crippen molar-refractivity contribution in [1.29, 1.82) is 0 Å². The first kappa shape index (κ1) is 9.51. The van der Waals surface area contributed by atoms with E-state index in [9.17, 15) is 14.3 Å². The number of rotatable bonds is 2. The van der Waals surface area contributed by atoms with Gasteiger partial charge in [-0.05, 0) is 18.2 Å². The van der Waals surface area contributed by atoms with Crippen molar-refractivity contribution in [3.05, 3.63) is 29.8 Å². The predicted octanol–water partition coefficient (Wildman–Crippen LogP) is 1.90. The molecule has 0 saturated carbocycles. The van der Waals surface area contributed by atoms with E-state index in [1.165, 1.54) is 12.1 Å². The molecule has 0 spiro atoms. The summed E-state index contributed by atoms with van der Waals surface area (Å²) in [4.78, 5) is 10.4. The number of hydrogen-bond acceptors (Lipinski definition) is 3. The zero-order chi connectivity index (χ0) is 11.0. The average molecular weight is 210 g/mol. The Morgan fingerprint density at radius 3 is 2.87 bits per heavy atom. The molecular formula is C10H7FO4. The number of carboxylic acid groups (broad SMARTS) is 1. The van der Waals surface area contributed by atoms with Crippen LogP contribution in [0.3, 0.4) is 0 Å². The number of furan rings is 1. The number of carbonyl (C=O) groups is 1. The van der Waals surface area contributed by atoms with Crippen LogP contribution in [-0.2, 0) is 11.2 Å². The lowest BCUT2D eigenvalue weighted by atomic mass is 10.2. The first-order chi connectivity index (χ1) is 7.08. The Hall–Kier alpha value is -2.04. The van der Waals surface area contributed by atoms with Crippen molar-refractivity contribution < 1.29 is 23.8 Å². The SMILES string of the molecule is O=C(O)Cc1oc2ccc(F)cc2c1O. The third-order valence-electron chi connectivity index (χ3n) is 2.01. The number of benzene rings is 1. The number of halogens is 1. The van der Waals surface area contributed by atoms with E-state index < -0.39 is 18.2 Å². The molecular weight excluding hydrogens is 203 g/mol. The Kier molecular flexibility index (Phi) is 2.07. The molecule has 1 aromatic heterocycles. The van der Waals surface area contributed by atoms with E-state index in [1.807, 2.05) is 0 Å². The van der Waals surface area contributed by atoms with Gasteiger partial charge in [-0.15, -0.1) is 0 Å². The summed E-state index contributed by atoms with van der Waals surface area (Å²) < 4.78 is 17.9. The van der Waals surface area contributed by atoms with Crippen molar-refractivity contribution in [3.63, 3.8) is 0 Å². The Bertz CT molecular complexity index is 529. The topological polar surface area (TPSA) is 70.7 Å². The molecule has 0 radical (unpaired) electrons. The fourth-order valence-electron chi connectivity index (χ4n) is 1.36. The highest BCUT2D eigenvalue weighted by atomic mass is 19.1. The number of aliphatic carboxylic acids is 1. The lowest BCUT2D eigenvalue weighted by Crippen LogP contribution is -1.98. The first-order valence-corrected chi connectivity index (χ1v) is 4.19. The van der Waals surface area contributed by atoms with E-state index in [2.05, 4.69) is 0 Å². The molecule has 0 aliphatic rings. The van der Waals surface area contributed by atoms with Gasteiger partial charge in [-0.3, -0.25) is 4.79 Å². The van der Waals surface area contributed by atoms with Crippen molar-refractivity contribution in [2.24, 2.45) is 0 Å². The van der Waals surface area contributed by atoms with Crippen LogP contribution < -0.4 is 0 Å². The van der Waals surface area contributed by atoms with Gasteiger partial charge in [-0.25, -0.2) is 4.39 Å². The highest BCUT2D eigenvalue weighted by molar-refractivity contribution is 5.86. The molecule has 0 bridgehead atoms. The Morgan fingerprint density at radius 2 is 2.20 bits per heavy atom. The van der Waals surface area contributed by atoms with Gasteiger partial charge in [0, 0.05) is 0 Å². The Labute approximate surface area is 83.6 Å². The zero-order valence-electron chi connectivity index (χ0n) is 7.53. The molecule has 0 aliphatic carbocycles. The molecule has 4 nitrogen and oxygen atoms in total. The molecule has 15 heavy (non-hydrogen) atoms. The van der Waals surface area contributed by atoms with Crippen molar-refractivity contribution >= 4 is 16.9 Å². The first-order valence-electron chi connectivity index (χ1n) is 4.19. The highest BCUT2D eigenvalue weighted by Crippen LogP contribution is 2.32. The maximum Gasteiger partial charge on any atom is 0.311 e. The second kappa shape index (κ2) is 3.27. The number of fused-ring (bicyclic) bond motifs is 1. The van der Waals surface area contributed by atoms with Gasteiger partial charge in [0.05, 0.1) is 5.39 Å². The summed E-state index contributed by atoms with van der Waals surface area (Å²) in [6.45, 7) is 0. The van der Waals surface area contributed by atoms with Gasteiger partial charge in [0.1, 0.15) is 17.8 Å². The number of carboxylic acids is 1. The average Bonchev–Trinajstić information content (AvgIpc) is 2.44. The minimum absolute atomic E-state index is 0.0666. The lowest BCUT2D eigenvalue weighted by molar-refractivity contribution is -0.136. The highest BCUT2D eigenvalue weighted by Gasteiger charge is 2.16. The molecule has 1 heterocycles. The van der Waals surface area contributed by atoms with Gasteiger partial charge in [0.2, 0.25) is 0 Å². The van der Waals surface area contributed by atoms with Crippen molar-refractivity contribution in [2.45, 2.75) is 6.42 Å². The minimum Gasteiger partial charge on any atom is -0.504 e. The van der Waals surface area contributed by atoms with Gasteiger partial charge in [0.25, 0.3) is 0 Å². The Balaban J connectivity index is 2.59. The normalized spacial score (nSPS) is 10.7. The molecule has 2 aromatic rings. The molecule has 5 heteroatoms. The minimum atomic E-state index is -1.12. The van der Waals surface area contributed by atoms with E-state index in [0.29, 0.717) is 0 Å². The van der Waals surface area contributed by atoms with E-state index in [1.54, 1.807) is 0 Å². The van der Waals surface area contributed by atoms with Crippen LogP contribution in [0.5, 0.6) is 5.75 Å². The van der Waals surface area contributed by atoms with Crippen LogP contribution in [0, 0.1) is 5.82 Å². The molecule has 0 fully saturated rings. The smallest absolute Gasteiger partial charge is 0.311 e. The second-order valence-corrected chi connectivity index (χ2v) is 3.08. The standard InChI is InChI=1S/C10H7FO4/c11-5-1-2-7-6(3-5)10(14)8(15-7)4-9(12)13/h1-3,14H,4H2,(H,12,13). The maximum atomic E-state index is 12.8. The van der Waals surface area contributed by atoms with Crippen molar-refractivity contribution in [2.75, 3.05) is 0 Å². The summed E-state index contributed by atoms with van der Waals surface area (Å²) in [7, 11) is 0. The van der Waals surface area contributed by atoms with Crippen LogP contribution in [0.1, 0.15) is 5.76 Å². The Morgan fingerprint density at radius 1 is 1.47 bits per heavy atom. The van der Waals surface area contributed by atoms with Gasteiger partial charge >= 0.3 is 5.97 Å². The summed E-state index contributed by atoms with van der Waals surface area (Å²) >= 11 is 0. The summed E-state index contributed by atoms with van der Waals surface area (Å²) in [6, 6.07) is 3.62. The second-order valence-electron chi connectivity index (χ2n) is 3.08. The molecule has 0 amide bonds. The fraction of sp³-hybridized carbons (Fsp3) is 0.100. The molecule has 78 valence electrons. The number of hydrogen-bond donors (Lipinski definition) is 2. The monoisotopic (exact) mass is 210 g/mol. The molecule has 2 rings (SSSR count). The van der Waals surface area contributed by atoms with Gasteiger partial charge < -0.3 is 14.6 Å². The van der Waals surface area contributed by atoms with E-state index >= 15 is 0 Å². The van der Waals surface area contributed by atoms with E-state index in [-0.39, 0.29) is 22.5 Å². The maximum absolute atomic E-state index is 12.8. The van der Waals surface area contributed by atoms with Gasteiger partial charge in [-0.1, -0.05) is 0 Å². The third-order valence-corrected chi connectivity index (χ3v) is 2.01. The molecule has 1 aromatic carbocycles. The lowest BCUT2D eigenvalue weighted by Gasteiger charge is -1.90. The summed E-state index contributed by atoms with van der Waals surface area (Å²) in [5, 5.41) is 18.3. The summed E-state index contributed by atoms with van der Waals surface area (Å²) in [6.07, 6.45) is -0.428. The van der Waals surface area contributed by atoms with E-state index in [4.69, 9.17) is 9.52 Å². The van der Waals surface area contributed by atoms with Crippen LogP contribution in [-0.4, -0.2) is 16.2 Å². The van der Waals surface area contributed by atoms with Gasteiger partial charge in [-0.2, -0.15) is 0 Å². The fourth-order valence-corrected chi connectivity index (χ4v) is 1.36. The predicted molar refractivity (Wildman–Crippen MR) is 49.2 cm³/mol. The van der Waals surface area contributed by atoms with Crippen LogP contribution >= 0.6 is 0 Å². The molecule has 0 saturated heterocycles. The van der Waals surface area contributed by atoms with E-state index in [0.717, 1.165) is 6.07 Å². The molecule has 0 aliphatic heterocycles. The summed E-state index contributed by atoms with van der Waals surface area (Å²) in [5.41, 5.74) is 0.269. The third kappa shape index (κ3) is 1.63. The molecule has 2 N–H and O–H groups in total. The molecule has 0 unspecified atom stereocenters. The largest absolute Gasteiger partial charge is 0.504 e. The quantitative estimate of drug-likeness (QED) is 0.794. The van der Waals surface area contributed by atoms with Gasteiger partial charge in [0.15, 0.2) is 11.5 Å². The van der Waals surface area contributed by atoms with Crippen LogP contribution in [0.25, 0.3) is 11.0 Å². The van der Waals surface area contributed by atoms with Crippen LogP contribution in [0.2, 0.25) is 0 Å². The van der Waals surface area contributed by atoms with Crippen LogP contribution in [0.15, 0.2) is 22.6 Å². The van der Waals surface area contributed by atoms with Crippen LogP contribution in [0.4, 0.5) is 4.39 Å². The summed E-state index contributed by atoms with van der Waals surface area (Å²) in [5.74, 6) is -2.01. The van der Waals surface area contributed by atoms with Crippen molar-refractivity contribution in [3.8, 4) is 5.75 Å².